The Bertz CT molecular complexity index is 824. The second-order valence-corrected chi connectivity index (χ2v) is 6.34. The molecule has 1 aromatic carbocycles. The number of carbonyl (C=O) groups is 1. The van der Waals surface area contributed by atoms with Gasteiger partial charge in [-0.25, -0.2) is 4.98 Å². The zero-order valence-electron chi connectivity index (χ0n) is 13.4. The van der Waals surface area contributed by atoms with Crippen molar-refractivity contribution >= 4 is 23.5 Å². The smallest absolute Gasteiger partial charge is 0.253 e. The van der Waals surface area contributed by atoms with E-state index in [-0.39, 0.29) is 23.0 Å². The van der Waals surface area contributed by atoms with Gasteiger partial charge in [0.05, 0.1) is 19.0 Å². The third-order valence-electron chi connectivity index (χ3n) is 3.38. The molecule has 1 aliphatic rings. The van der Waals surface area contributed by atoms with Crippen LogP contribution in [0, 0.1) is 0 Å². The lowest BCUT2D eigenvalue weighted by molar-refractivity contribution is -0.118. The molecule has 1 amide bonds. The number of aromatic nitrogens is 2. The van der Waals surface area contributed by atoms with E-state index >= 15 is 0 Å². The summed E-state index contributed by atoms with van der Waals surface area (Å²) in [6.07, 6.45) is 0.845. The van der Waals surface area contributed by atoms with Crippen molar-refractivity contribution in [3.05, 3.63) is 40.2 Å². The fourth-order valence-electron chi connectivity index (χ4n) is 2.22. The first kappa shape index (κ1) is 17.2. The van der Waals surface area contributed by atoms with Crippen molar-refractivity contribution in [3.63, 3.8) is 0 Å². The number of nitrogens with two attached hydrogens (primary N) is 1. The molecule has 8 nitrogen and oxygen atoms in total. The van der Waals surface area contributed by atoms with E-state index in [2.05, 4.69) is 15.3 Å². The van der Waals surface area contributed by atoms with Crippen molar-refractivity contribution in [3.8, 4) is 11.5 Å². The highest BCUT2D eigenvalue weighted by molar-refractivity contribution is 7.99. The van der Waals surface area contributed by atoms with Gasteiger partial charge in [0.15, 0.2) is 16.7 Å². The van der Waals surface area contributed by atoms with E-state index in [0.29, 0.717) is 30.7 Å². The molecule has 4 N–H and O–H groups in total. The van der Waals surface area contributed by atoms with Crippen LogP contribution in [0.5, 0.6) is 11.5 Å². The molecular weight excluding hydrogens is 344 g/mol. The van der Waals surface area contributed by atoms with Crippen LogP contribution in [0.15, 0.2) is 34.2 Å². The molecule has 9 heteroatoms. The number of nitrogens with one attached hydrogen (secondary N) is 2. The minimum atomic E-state index is -0.345. The summed E-state index contributed by atoms with van der Waals surface area (Å²) in [4.78, 5) is 29.7. The molecule has 0 saturated heterocycles. The minimum Gasteiger partial charge on any atom is -0.490 e. The predicted molar refractivity (Wildman–Crippen MR) is 93.9 cm³/mol. The third-order valence-corrected chi connectivity index (χ3v) is 4.25. The zero-order chi connectivity index (χ0) is 17.6. The number of carbonyl (C=O) groups excluding carboxylic acids is 1. The summed E-state index contributed by atoms with van der Waals surface area (Å²) in [6, 6.07) is 6.79. The standard InChI is InChI=1S/C16H18N4O4S/c17-13-7-14(21)20-16(19-13)25-9-15(22)18-8-10-2-3-11-12(6-10)24-5-1-4-23-11/h2-3,6-7H,1,4-5,8-9H2,(H,18,22)(H3,17,19,20,21). The lowest BCUT2D eigenvalue weighted by Gasteiger charge is -2.10. The number of hydrogen-bond donors (Lipinski definition) is 3. The molecule has 2 aromatic rings. The fraction of sp³-hybridized carbons (Fsp3) is 0.312. The summed E-state index contributed by atoms with van der Waals surface area (Å²) in [7, 11) is 0. The number of H-pyrrole nitrogens is 1. The highest BCUT2D eigenvalue weighted by Gasteiger charge is 2.11. The Hall–Kier alpha value is -2.68. The lowest BCUT2D eigenvalue weighted by Crippen LogP contribution is -2.24. The third kappa shape index (κ3) is 4.90. The number of thioether (sulfide) groups is 1. The average Bonchev–Trinajstić information content (AvgIpc) is 2.82. The van der Waals surface area contributed by atoms with E-state index < -0.39 is 0 Å². The Kier molecular flexibility index (Phi) is 5.44. The molecule has 0 spiro atoms. The first-order chi connectivity index (χ1) is 12.1. The summed E-state index contributed by atoms with van der Waals surface area (Å²) >= 11 is 1.11. The van der Waals surface area contributed by atoms with E-state index in [1.165, 1.54) is 6.07 Å². The topological polar surface area (TPSA) is 119 Å². The first-order valence-electron chi connectivity index (χ1n) is 7.75. The fourth-order valence-corrected chi connectivity index (χ4v) is 2.94. The second kappa shape index (κ2) is 7.93. The lowest BCUT2D eigenvalue weighted by atomic mass is 10.2. The van der Waals surface area contributed by atoms with Crippen LogP contribution in [0.2, 0.25) is 0 Å². The number of fused-ring (bicyclic) bond motifs is 1. The Morgan fingerprint density at radius 2 is 2.08 bits per heavy atom. The number of hydrogen-bond acceptors (Lipinski definition) is 7. The van der Waals surface area contributed by atoms with Gasteiger partial charge in [0, 0.05) is 19.0 Å². The van der Waals surface area contributed by atoms with Crippen LogP contribution in [0.4, 0.5) is 5.82 Å². The maximum Gasteiger partial charge on any atom is 0.253 e. The molecule has 3 rings (SSSR count). The van der Waals surface area contributed by atoms with Crippen molar-refractivity contribution in [1.82, 2.24) is 15.3 Å². The number of rotatable bonds is 5. The highest BCUT2D eigenvalue weighted by Crippen LogP contribution is 2.30. The normalized spacial score (nSPS) is 13.1. The van der Waals surface area contributed by atoms with Gasteiger partial charge in [0.25, 0.3) is 5.56 Å². The average molecular weight is 362 g/mol. The Balaban J connectivity index is 1.52. The zero-order valence-corrected chi connectivity index (χ0v) is 14.2. The molecule has 0 fully saturated rings. The SMILES string of the molecule is Nc1cc(=O)[nH]c(SCC(=O)NCc2ccc3c(c2)OCCCO3)n1. The Morgan fingerprint density at radius 3 is 2.88 bits per heavy atom. The maximum atomic E-state index is 12.0. The molecule has 25 heavy (non-hydrogen) atoms. The van der Waals surface area contributed by atoms with Gasteiger partial charge in [-0.05, 0) is 17.7 Å². The van der Waals surface area contributed by atoms with Crippen LogP contribution in [0.1, 0.15) is 12.0 Å². The number of ether oxygens (including phenoxy) is 2. The second-order valence-electron chi connectivity index (χ2n) is 5.37. The Labute approximate surface area is 148 Å². The molecule has 0 saturated carbocycles. The van der Waals surface area contributed by atoms with Crippen LogP contribution in [-0.2, 0) is 11.3 Å². The monoisotopic (exact) mass is 362 g/mol. The minimum absolute atomic E-state index is 0.122. The van der Waals surface area contributed by atoms with Gasteiger partial charge in [-0.1, -0.05) is 17.8 Å². The summed E-state index contributed by atoms with van der Waals surface area (Å²) in [5.74, 6) is 1.48. The van der Waals surface area contributed by atoms with Crippen LogP contribution in [-0.4, -0.2) is 34.8 Å². The van der Waals surface area contributed by atoms with E-state index in [1.54, 1.807) is 0 Å². The molecular formula is C16H18N4O4S. The van der Waals surface area contributed by atoms with Gasteiger partial charge in [0.2, 0.25) is 5.91 Å². The number of aromatic amines is 1. The van der Waals surface area contributed by atoms with Crippen molar-refractivity contribution in [2.45, 2.75) is 18.1 Å². The van der Waals surface area contributed by atoms with Gasteiger partial charge in [-0.15, -0.1) is 0 Å². The molecule has 132 valence electrons. The Morgan fingerprint density at radius 1 is 1.28 bits per heavy atom. The van der Waals surface area contributed by atoms with Crippen LogP contribution in [0.25, 0.3) is 0 Å². The van der Waals surface area contributed by atoms with Crippen LogP contribution >= 0.6 is 11.8 Å². The first-order valence-corrected chi connectivity index (χ1v) is 8.73. The van der Waals surface area contributed by atoms with E-state index in [4.69, 9.17) is 15.2 Å². The van der Waals surface area contributed by atoms with Crippen molar-refractivity contribution in [2.24, 2.45) is 0 Å². The highest BCUT2D eigenvalue weighted by atomic mass is 32.2. The molecule has 0 unspecified atom stereocenters. The van der Waals surface area contributed by atoms with Gasteiger partial charge in [-0.2, -0.15) is 0 Å². The predicted octanol–water partition coefficient (Wildman–Crippen LogP) is 0.922. The van der Waals surface area contributed by atoms with Gasteiger partial charge < -0.3 is 25.5 Å². The number of amides is 1. The van der Waals surface area contributed by atoms with E-state index in [0.717, 1.165) is 29.5 Å². The molecule has 0 aliphatic carbocycles. The van der Waals surface area contributed by atoms with Crippen molar-refractivity contribution in [1.29, 1.82) is 0 Å². The van der Waals surface area contributed by atoms with Crippen molar-refractivity contribution in [2.75, 3.05) is 24.7 Å². The number of nitrogens with zero attached hydrogens (tertiary/aromatic N) is 1. The van der Waals surface area contributed by atoms with Gasteiger partial charge in [-0.3, -0.25) is 9.59 Å². The summed E-state index contributed by atoms with van der Waals surface area (Å²) < 4.78 is 11.2. The largest absolute Gasteiger partial charge is 0.490 e. The maximum absolute atomic E-state index is 12.0. The van der Waals surface area contributed by atoms with Crippen molar-refractivity contribution < 1.29 is 14.3 Å². The quantitative estimate of drug-likeness (QED) is 0.534. The molecule has 1 aliphatic heterocycles. The summed E-state index contributed by atoms with van der Waals surface area (Å²) in [5.41, 5.74) is 6.07. The molecule has 0 atom stereocenters. The van der Waals surface area contributed by atoms with Crippen LogP contribution < -0.4 is 26.1 Å². The molecule has 0 radical (unpaired) electrons. The number of benzene rings is 1. The van der Waals surface area contributed by atoms with Crippen LogP contribution in [0.3, 0.4) is 0 Å². The molecule has 1 aromatic heterocycles. The van der Waals surface area contributed by atoms with E-state index in [9.17, 15) is 9.59 Å². The molecule has 0 bridgehead atoms. The van der Waals surface area contributed by atoms with Gasteiger partial charge >= 0.3 is 0 Å². The summed E-state index contributed by atoms with van der Waals surface area (Å²) in [5, 5.41) is 3.13. The summed E-state index contributed by atoms with van der Waals surface area (Å²) in [6.45, 7) is 1.63. The molecule has 2 heterocycles. The van der Waals surface area contributed by atoms with Gasteiger partial charge in [0.1, 0.15) is 5.82 Å². The number of nitrogen functional groups attached to an aromatic ring is 1. The number of anilines is 1. The van der Waals surface area contributed by atoms with E-state index in [1.807, 2.05) is 18.2 Å².